The highest BCUT2D eigenvalue weighted by Crippen LogP contribution is 2.26. The number of benzene rings is 2. The zero-order chi connectivity index (χ0) is 21.0. The van der Waals surface area contributed by atoms with Crippen LogP contribution in [0.1, 0.15) is 32.0 Å². The molecule has 5 nitrogen and oxygen atoms in total. The lowest BCUT2D eigenvalue weighted by Crippen LogP contribution is -2.14. The van der Waals surface area contributed by atoms with Crippen molar-refractivity contribution in [1.82, 2.24) is 9.97 Å². The Kier molecular flexibility index (Phi) is 6.23. The molecule has 0 fully saturated rings. The summed E-state index contributed by atoms with van der Waals surface area (Å²) in [6.07, 6.45) is 0. The van der Waals surface area contributed by atoms with Gasteiger partial charge in [0, 0.05) is 27.9 Å². The van der Waals surface area contributed by atoms with E-state index in [1.165, 1.54) is 23.4 Å². The molecule has 3 rings (SSSR count). The van der Waals surface area contributed by atoms with Crippen LogP contribution in [-0.2, 0) is 10.2 Å². The molecular formula is C23H25N3O2S. The van der Waals surface area contributed by atoms with E-state index in [4.69, 9.17) is 0 Å². The number of rotatable bonds is 5. The van der Waals surface area contributed by atoms with Gasteiger partial charge in [-0.05, 0) is 42.2 Å². The lowest BCUT2D eigenvalue weighted by molar-refractivity contribution is -0.113. The Balaban J connectivity index is 1.63. The SMILES string of the molecule is Cc1cc(=O)[nH]c(-c2cccc(NC(=O)CSc3ccc(C(C)(C)C)cc3)c2)n1. The van der Waals surface area contributed by atoms with Gasteiger partial charge in [-0.2, -0.15) is 0 Å². The zero-order valence-corrected chi connectivity index (χ0v) is 17.9. The van der Waals surface area contributed by atoms with Crippen molar-refractivity contribution in [3.8, 4) is 11.4 Å². The number of aromatic amines is 1. The van der Waals surface area contributed by atoms with Gasteiger partial charge in [-0.1, -0.05) is 45.0 Å². The van der Waals surface area contributed by atoms with E-state index >= 15 is 0 Å². The number of nitrogens with one attached hydrogen (secondary N) is 2. The van der Waals surface area contributed by atoms with Crippen LogP contribution >= 0.6 is 11.8 Å². The predicted octanol–water partition coefficient (Wildman–Crippen LogP) is 4.77. The van der Waals surface area contributed by atoms with Crippen LogP contribution in [0.25, 0.3) is 11.4 Å². The van der Waals surface area contributed by atoms with E-state index in [1.54, 1.807) is 13.0 Å². The standard InChI is InChI=1S/C23H25N3O2S/c1-15-12-20(27)26-22(24-15)16-6-5-7-18(13-16)25-21(28)14-29-19-10-8-17(9-11-19)23(2,3)4/h5-13H,14H2,1-4H3,(H,25,28)(H,24,26,27). The highest BCUT2D eigenvalue weighted by molar-refractivity contribution is 8.00. The molecule has 0 atom stereocenters. The Morgan fingerprint density at radius 3 is 2.48 bits per heavy atom. The minimum Gasteiger partial charge on any atom is -0.325 e. The molecule has 0 aliphatic heterocycles. The molecule has 0 bridgehead atoms. The molecule has 0 spiro atoms. The molecule has 1 amide bonds. The van der Waals surface area contributed by atoms with Crippen molar-refractivity contribution in [3.05, 3.63) is 76.2 Å². The second kappa shape index (κ2) is 8.66. The van der Waals surface area contributed by atoms with Crippen molar-refractivity contribution in [2.24, 2.45) is 0 Å². The molecule has 0 aliphatic rings. The van der Waals surface area contributed by atoms with Crippen LogP contribution in [-0.4, -0.2) is 21.6 Å². The van der Waals surface area contributed by atoms with E-state index in [9.17, 15) is 9.59 Å². The quantitative estimate of drug-likeness (QED) is 0.597. The second-order valence-corrected chi connectivity index (χ2v) is 8.98. The number of aromatic nitrogens is 2. The third-order valence-electron chi connectivity index (χ3n) is 4.38. The second-order valence-electron chi connectivity index (χ2n) is 7.93. The minimum atomic E-state index is -0.198. The molecule has 29 heavy (non-hydrogen) atoms. The molecule has 1 heterocycles. The number of H-pyrrole nitrogens is 1. The first-order valence-electron chi connectivity index (χ1n) is 9.42. The Hall–Kier alpha value is -2.86. The van der Waals surface area contributed by atoms with Gasteiger partial charge in [0.2, 0.25) is 5.91 Å². The smallest absolute Gasteiger partial charge is 0.251 e. The van der Waals surface area contributed by atoms with Crippen LogP contribution < -0.4 is 10.9 Å². The summed E-state index contributed by atoms with van der Waals surface area (Å²) in [5, 5.41) is 2.91. The van der Waals surface area contributed by atoms with Gasteiger partial charge in [0.25, 0.3) is 5.56 Å². The van der Waals surface area contributed by atoms with E-state index in [-0.39, 0.29) is 16.9 Å². The van der Waals surface area contributed by atoms with Crippen LogP contribution in [0.2, 0.25) is 0 Å². The number of amides is 1. The van der Waals surface area contributed by atoms with Crippen molar-refractivity contribution < 1.29 is 4.79 Å². The average Bonchev–Trinajstić information content (AvgIpc) is 2.65. The van der Waals surface area contributed by atoms with Gasteiger partial charge in [0.1, 0.15) is 5.82 Å². The summed E-state index contributed by atoms with van der Waals surface area (Å²) < 4.78 is 0. The summed E-state index contributed by atoms with van der Waals surface area (Å²) in [5.41, 5.74) is 3.24. The fourth-order valence-electron chi connectivity index (χ4n) is 2.86. The summed E-state index contributed by atoms with van der Waals surface area (Å²) in [7, 11) is 0. The van der Waals surface area contributed by atoms with Crippen molar-refractivity contribution in [3.63, 3.8) is 0 Å². The van der Waals surface area contributed by atoms with Crippen LogP contribution in [0.5, 0.6) is 0 Å². The molecule has 0 saturated heterocycles. The predicted molar refractivity (Wildman–Crippen MR) is 120 cm³/mol. The number of carbonyl (C=O) groups is 1. The summed E-state index contributed by atoms with van der Waals surface area (Å²) in [4.78, 5) is 32.2. The van der Waals surface area contributed by atoms with Crippen LogP contribution in [0.15, 0.2) is 64.3 Å². The van der Waals surface area contributed by atoms with Gasteiger partial charge in [-0.15, -0.1) is 11.8 Å². The molecule has 6 heteroatoms. The van der Waals surface area contributed by atoms with Gasteiger partial charge >= 0.3 is 0 Å². The molecule has 1 aromatic heterocycles. The van der Waals surface area contributed by atoms with Crippen molar-refractivity contribution >= 4 is 23.4 Å². The number of thioether (sulfide) groups is 1. The zero-order valence-electron chi connectivity index (χ0n) is 17.1. The van der Waals surface area contributed by atoms with Crippen LogP contribution in [0.4, 0.5) is 5.69 Å². The van der Waals surface area contributed by atoms with Crippen molar-refractivity contribution in [2.75, 3.05) is 11.1 Å². The molecular weight excluding hydrogens is 382 g/mol. The first-order valence-corrected chi connectivity index (χ1v) is 10.4. The third kappa shape index (κ3) is 5.81. The first-order chi connectivity index (χ1) is 13.7. The number of carbonyl (C=O) groups excluding carboxylic acids is 1. The van der Waals surface area contributed by atoms with Gasteiger partial charge in [0.15, 0.2) is 0 Å². The van der Waals surface area contributed by atoms with E-state index in [0.717, 1.165) is 10.5 Å². The maximum absolute atomic E-state index is 12.4. The van der Waals surface area contributed by atoms with Gasteiger partial charge in [0.05, 0.1) is 5.75 Å². The number of anilines is 1. The molecule has 2 aromatic carbocycles. The minimum absolute atomic E-state index is 0.0854. The highest BCUT2D eigenvalue weighted by Gasteiger charge is 2.13. The maximum atomic E-state index is 12.4. The summed E-state index contributed by atoms with van der Waals surface area (Å²) >= 11 is 1.50. The van der Waals surface area contributed by atoms with Gasteiger partial charge in [-0.3, -0.25) is 9.59 Å². The fourth-order valence-corrected chi connectivity index (χ4v) is 3.56. The van der Waals surface area contributed by atoms with Gasteiger partial charge in [-0.25, -0.2) is 4.98 Å². The summed E-state index contributed by atoms with van der Waals surface area (Å²) in [5.74, 6) is 0.718. The lowest BCUT2D eigenvalue weighted by Gasteiger charge is -2.19. The Morgan fingerprint density at radius 2 is 1.83 bits per heavy atom. The van der Waals surface area contributed by atoms with Gasteiger partial charge < -0.3 is 10.3 Å². The average molecular weight is 408 g/mol. The molecule has 0 saturated carbocycles. The lowest BCUT2D eigenvalue weighted by atomic mass is 9.87. The fraction of sp³-hybridized carbons (Fsp3) is 0.261. The Bertz CT molecular complexity index is 1070. The molecule has 2 N–H and O–H groups in total. The van der Waals surface area contributed by atoms with E-state index in [1.807, 2.05) is 18.2 Å². The number of hydrogen-bond acceptors (Lipinski definition) is 4. The number of nitrogens with zero attached hydrogens (tertiary/aromatic N) is 1. The first kappa shape index (κ1) is 20.9. The molecule has 0 radical (unpaired) electrons. The maximum Gasteiger partial charge on any atom is 0.251 e. The van der Waals surface area contributed by atoms with Crippen LogP contribution in [0, 0.1) is 6.92 Å². The summed E-state index contributed by atoms with van der Waals surface area (Å²) in [6, 6.07) is 17.1. The normalized spacial score (nSPS) is 11.3. The summed E-state index contributed by atoms with van der Waals surface area (Å²) in [6.45, 7) is 8.31. The van der Waals surface area contributed by atoms with E-state index in [2.05, 4.69) is 60.3 Å². The Labute approximate surface area is 175 Å². The van der Waals surface area contributed by atoms with E-state index in [0.29, 0.717) is 23.0 Å². The number of aryl methyl sites for hydroxylation is 1. The topological polar surface area (TPSA) is 74.8 Å². The largest absolute Gasteiger partial charge is 0.325 e. The molecule has 0 aliphatic carbocycles. The monoisotopic (exact) mass is 407 g/mol. The van der Waals surface area contributed by atoms with E-state index < -0.39 is 0 Å². The molecule has 0 unspecified atom stereocenters. The van der Waals surface area contributed by atoms with Crippen molar-refractivity contribution in [1.29, 1.82) is 0 Å². The Morgan fingerprint density at radius 1 is 1.10 bits per heavy atom. The van der Waals surface area contributed by atoms with Crippen molar-refractivity contribution in [2.45, 2.75) is 38.0 Å². The van der Waals surface area contributed by atoms with Crippen LogP contribution in [0.3, 0.4) is 0 Å². The highest BCUT2D eigenvalue weighted by atomic mass is 32.2. The molecule has 150 valence electrons. The third-order valence-corrected chi connectivity index (χ3v) is 5.39. The number of hydrogen-bond donors (Lipinski definition) is 2. The molecule has 3 aromatic rings.